The third-order valence-corrected chi connectivity index (χ3v) is 3.69. The summed E-state index contributed by atoms with van der Waals surface area (Å²) in [6, 6.07) is 5.86. The van der Waals surface area contributed by atoms with Crippen LogP contribution in [0.4, 0.5) is 4.39 Å². The molecule has 0 aliphatic heterocycles. The monoisotopic (exact) mass is 332 g/mol. The van der Waals surface area contributed by atoms with Crippen LogP contribution in [0.2, 0.25) is 0 Å². The summed E-state index contributed by atoms with van der Waals surface area (Å²) in [5.74, 6) is -0.787. The van der Waals surface area contributed by atoms with Gasteiger partial charge in [0.25, 0.3) is 5.91 Å². The SMILES string of the molecule is CCNC(=O)CN(CC)C(=O)c1cnn(-c2ccc(F)cc2)c1C. The smallest absolute Gasteiger partial charge is 0.257 e. The van der Waals surface area contributed by atoms with E-state index in [9.17, 15) is 14.0 Å². The molecule has 0 spiro atoms. The van der Waals surface area contributed by atoms with E-state index in [4.69, 9.17) is 0 Å². The number of hydrogen-bond acceptors (Lipinski definition) is 3. The van der Waals surface area contributed by atoms with E-state index in [1.54, 1.807) is 23.7 Å². The van der Waals surface area contributed by atoms with Crippen LogP contribution in [-0.4, -0.2) is 46.1 Å². The zero-order chi connectivity index (χ0) is 17.7. The molecular formula is C17H21FN4O2. The maximum atomic E-state index is 13.0. The van der Waals surface area contributed by atoms with Crippen molar-refractivity contribution < 1.29 is 14.0 Å². The van der Waals surface area contributed by atoms with E-state index in [1.165, 1.54) is 23.2 Å². The molecule has 0 radical (unpaired) electrons. The van der Waals surface area contributed by atoms with Gasteiger partial charge in [0.15, 0.2) is 0 Å². The molecule has 1 N–H and O–H groups in total. The molecule has 128 valence electrons. The minimum absolute atomic E-state index is 0.00431. The van der Waals surface area contributed by atoms with E-state index < -0.39 is 0 Å². The van der Waals surface area contributed by atoms with Crippen molar-refractivity contribution in [3.63, 3.8) is 0 Å². The molecule has 0 aliphatic carbocycles. The van der Waals surface area contributed by atoms with Gasteiger partial charge in [-0.25, -0.2) is 9.07 Å². The van der Waals surface area contributed by atoms with Gasteiger partial charge in [-0.05, 0) is 45.0 Å². The first kappa shape index (κ1) is 17.7. The van der Waals surface area contributed by atoms with Crippen LogP contribution in [0.15, 0.2) is 30.5 Å². The number of rotatable bonds is 6. The minimum atomic E-state index is -0.334. The number of carbonyl (C=O) groups is 2. The van der Waals surface area contributed by atoms with Crippen LogP contribution in [0.25, 0.3) is 5.69 Å². The molecule has 2 rings (SSSR count). The summed E-state index contributed by atoms with van der Waals surface area (Å²) >= 11 is 0. The number of nitrogens with zero attached hydrogens (tertiary/aromatic N) is 3. The van der Waals surface area contributed by atoms with Gasteiger partial charge in [0.2, 0.25) is 5.91 Å². The average Bonchev–Trinajstić information content (AvgIpc) is 2.94. The summed E-state index contributed by atoms with van der Waals surface area (Å²) in [6.45, 7) is 6.35. The Hall–Kier alpha value is -2.70. The number of aromatic nitrogens is 2. The Kier molecular flexibility index (Phi) is 5.68. The molecule has 0 saturated heterocycles. The molecule has 1 aromatic heterocycles. The summed E-state index contributed by atoms with van der Waals surface area (Å²) < 4.78 is 14.6. The van der Waals surface area contributed by atoms with E-state index in [0.717, 1.165) is 0 Å². The number of hydrogen-bond donors (Lipinski definition) is 1. The Morgan fingerprint density at radius 1 is 1.25 bits per heavy atom. The predicted molar refractivity (Wildman–Crippen MR) is 88.5 cm³/mol. The van der Waals surface area contributed by atoms with Gasteiger partial charge < -0.3 is 10.2 Å². The van der Waals surface area contributed by atoms with Crippen LogP contribution >= 0.6 is 0 Å². The zero-order valence-corrected chi connectivity index (χ0v) is 14.0. The fourth-order valence-electron chi connectivity index (χ4n) is 2.39. The quantitative estimate of drug-likeness (QED) is 0.879. The molecular weight excluding hydrogens is 311 g/mol. The van der Waals surface area contributed by atoms with E-state index >= 15 is 0 Å². The number of halogens is 1. The van der Waals surface area contributed by atoms with E-state index in [0.29, 0.717) is 30.0 Å². The molecule has 0 saturated carbocycles. The van der Waals surface area contributed by atoms with Gasteiger partial charge in [-0.1, -0.05) is 0 Å². The maximum absolute atomic E-state index is 13.0. The van der Waals surface area contributed by atoms with Crippen molar-refractivity contribution in [2.45, 2.75) is 20.8 Å². The van der Waals surface area contributed by atoms with Crippen molar-refractivity contribution in [1.29, 1.82) is 0 Å². The summed E-state index contributed by atoms with van der Waals surface area (Å²) in [4.78, 5) is 25.9. The lowest BCUT2D eigenvalue weighted by Gasteiger charge is -2.20. The molecule has 7 heteroatoms. The molecule has 24 heavy (non-hydrogen) atoms. The van der Waals surface area contributed by atoms with Gasteiger partial charge >= 0.3 is 0 Å². The molecule has 0 aliphatic rings. The third-order valence-electron chi connectivity index (χ3n) is 3.69. The summed E-state index contributed by atoms with van der Waals surface area (Å²) in [6.07, 6.45) is 1.47. The van der Waals surface area contributed by atoms with Crippen molar-refractivity contribution in [2.24, 2.45) is 0 Å². The van der Waals surface area contributed by atoms with Gasteiger partial charge in [-0.3, -0.25) is 9.59 Å². The minimum Gasteiger partial charge on any atom is -0.355 e. The number of carbonyl (C=O) groups excluding carboxylic acids is 2. The fraction of sp³-hybridized carbons (Fsp3) is 0.353. The lowest BCUT2D eigenvalue weighted by molar-refractivity contribution is -0.121. The molecule has 0 atom stereocenters. The van der Waals surface area contributed by atoms with Crippen LogP contribution in [0, 0.1) is 12.7 Å². The lowest BCUT2D eigenvalue weighted by atomic mass is 10.2. The highest BCUT2D eigenvalue weighted by atomic mass is 19.1. The van der Waals surface area contributed by atoms with Crippen LogP contribution in [0.5, 0.6) is 0 Å². The van der Waals surface area contributed by atoms with Gasteiger partial charge in [0.1, 0.15) is 5.82 Å². The Labute approximate surface area is 140 Å². The highest BCUT2D eigenvalue weighted by Crippen LogP contribution is 2.16. The maximum Gasteiger partial charge on any atom is 0.257 e. The first-order valence-electron chi connectivity index (χ1n) is 7.84. The van der Waals surface area contributed by atoms with Crippen molar-refractivity contribution in [3.05, 3.63) is 47.5 Å². The zero-order valence-electron chi connectivity index (χ0n) is 14.0. The van der Waals surface area contributed by atoms with Crippen molar-refractivity contribution in [2.75, 3.05) is 19.6 Å². The largest absolute Gasteiger partial charge is 0.355 e. The van der Waals surface area contributed by atoms with Crippen LogP contribution in [0.3, 0.4) is 0 Å². The molecule has 1 aromatic carbocycles. The number of nitrogens with one attached hydrogen (secondary N) is 1. The predicted octanol–water partition coefficient (Wildman–Crippen LogP) is 1.92. The Bertz CT molecular complexity index is 725. The van der Waals surface area contributed by atoms with E-state index in [1.807, 2.05) is 13.8 Å². The standard InChI is InChI=1S/C17H21FN4O2/c1-4-19-16(23)11-21(5-2)17(24)15-10-20-22(12(15)3)14-8-6-13(18)7-9-14/h6-10H,4-5,11H2,1-3H3,(H,19,23). The molecule has 0 fully saturated rings. The van der Waals surface area contributed by atoms with Crippen molar-refractivity contribution >= 4 is 11.8 Å². The second kappa shape index (κ2) is 7.72. The lowest BCUT2D eigenvalue weighted by Crippen LogP contribution is -2.40. The molecule has 0 unspecified atom stereocenters. The van der Waals surface area contributed by atoms with E-state index in [-0.39, 0.29) is 24.2 Å². The second-order valence-corrected chi connectivity index (χ2v) is 5.30. The number of likely N-dealkylation sites (N-methyl/N-ethyl adjacent to an activating group) is 2. The highest BCUT2D eigenvalue weighted by Gasteiger charge is 2.21. The molecule has 1 heterocycles. The fourth-order valence-corrected chi connectivity index (χ4v) is 2.39. The first-order chi connectivity index (χ1) is 11.5. The van der Waals surface area contributed by atoms with E-state index in [2.05, 4.69) is 10.4 Å². The Morgan fingerprint density at radius 2 is 1.92 bits per heavy atom. The normalized spacial score (nSPS) is 10.5. The highest BCUT2D eigenvalue weighted by molar-refractivity contribution is 5.97. The van der Waals surface area contributed by atoms with Gasteiger partial charge in [0.05, 0.1) is 29.7 Å². The van der Waals surface area contributed by atoms with Gasteiger partial charge in [0, 0.05) is 13.1 Å². The third kappa shape index (κ3) is 3.79. The Balaban J connectivity index is 2.23. The molecule has 2 aromatic rings. The summed E-state index contributed by atoms with van der Waals surface area (Å²) in [5, 5.41) is 6.89. The number of amides is 2. The van der Waals surface area contributed by atoms with Crippen molar-refractivity contribution in [1.82, 2.24) is 20.0 Å². The summed E-state index contributed by atoms with van der Waals surface area (Å²) in [5.41, 5.74) is 1.73. The van der Waals surface area contributed by atoms with Crippen molar-refractivity contribution in [3.8, 4) is 5.69 Å². The average molecular weight is 332 g/mol. The second-order valence-electron chi connectivity index (χ2n) is 5.30. The molecule has 0 bridgehead atoms. The molecule has 2 amide bonds. The molecule has 6 nitrogen and oxygen atoms in total. The Morgan fingerprint density at radius 3 is 2.50 bits per heavy atom. The van der Waals surface area contributed by atoms with Crippen LogP contribution in [0.1, 0.15) is 29.9 Å². The first-order valence-corrected chi connectivity index (χ1v) is 7.84. The van der Waals surface area contributed by atoms with Crippen LogP contribution < -0.4 is 5.32 Å². The topological polar surface area (TPSA) is 67.2 Å². The van der Waals surface area contributed by atoms with Gasteiger partial charge in [-0.2, -0.15) is 5.10 Å². The van der Waals surface area contributed by atoms with Crippen LogP contribution in [-0.2, 0) is 4.79 Å². The number of benzene rings is 1. The van der Waals surface area contributed by atoms with Gasteiger partial charge in [-0.15, -0.1) is 0 Å². The summed E-state index contributed by atoms with van der Waals surface area (Å²) in [7, 11) is 0.